The van der Waals surface area contributed by atoms with Crippen LogP contribution in [0.4, 0.5) is 0 Å². The van der Waals surface area contributed by atoms with Crippen molar-refractivity contribution in [3.05, 3.63) is 48.6 Å². The molecule has 0 aliphatic carbocycles. The van der Waals surface area contributed by atoms with Crippen LogP contribution in [0.3, 0.4) is 0 Å². The van der Waals surface area contributed by atoms with E-state index in [9.17, 15) is 25.2 Å². The summed E-state index contributed by atoms with van der Waals surface area (Å²) in [4.78, 5) is 12.9. The van der Waals surface area contributed by atoms with E-state index in [4.69, 9.17) is 18.9 Å². The Hall–Kier alpha value is -1.85. The van der Waals surface area contributed by atoms with Gasteiger partial charge in [0.25, 0.3) is 0 Å². The van der Waals surface area contributed by atoms with Crippen LogP contribution < -0.4 is 0 Å². The van der Waals surface area contributed by atoms with E-state index in [0.29, 0.717) is 13.0 Å². The van der Waals surface area contributed by atoms with Crippen molar-refractivity contribution in [2.24, 2.45) is 0 Å². The van der Waals surface area contributed by atoms with E-state index < -0.39 is 43.4 Å². The van der Waals surface area contributed by atoms with Crippen LogP contribution in [0.1, 0.15) is 264 Å². The maximum Gasteiger partial charge on any atom is 0.306 e. The van der Waals surface area contributed by atoms with Gasteiger partial charge in [0.15, 0.2) is 6.29 Å². The first kappa shape index (κ1) is 65.2. The third kappa shape index (κ3) is 41.3. The molecular weight excluding hydrogens is 865 g/mol. The van der Waals surface area contributed by atoms with Crippen molar-refractivity contribution >= 4 is 5.97 Å². The second-order valence-electron chi connectivity index (χ2n) is 20.1. The predicted molar refractivity (Wildman–Crippen MR) is 288 cm³/mol. The Morgan fingerprint density at radius 2 is 0.884 bits per heavy atom. The molecule has 1 rings (SSSR count). The third-order valence-electron chi connectivity index (χ3n) is 13.5. The molecule has 404 valence electrons. The highest BCUT2D eigenvalue weighted by Gasteiger charge is 2.44. The number of carbonyl (C=O) groups is 1. The van der Waals surface area contributed by atoms with E-state index in [1.807, 2.05) is 0 Å². The number of rotatable bonds is 51. The van der Waals surface area contributed by atoms with Crippen LogP contribution in [-0.4, -0.2) is 89.6 Å². The molecule has 6 atom stereocenters. The highest BCUT2D eigenvalue weighted by atomic mass is 16.7. The number of aliphatic hydroxyl groups excluding tert-OH is 4. The zero-order chi connectivity index (χ0) is 49.9. The van der Waals surface area contributed by atoms with Gasteiger partial charge in [-0.2, -0.15) is 0 Å². The minimum Gasteiger partial charge on any atom is -0.457 e. The Morgan fingerprint density at radius 1 is 0.478 bits per heavy atom. The molecule has 0 bridgehead atoms. The Labute approximate surface area is 424 Å². The van der Waals surface area contributed by atoms with Gasteiger partial charge in [-0.15, -0.1) is 0 Å². The van der Waals surface area contributed by atoms with E-state index >= 15 is 0 Å². The first-order valence-electron chi connectivity index (χ1n) is 29.2. The fraction of sp³-hybridized carbons (Fsp3) is 0.850. The van der Waals surface area contributed by atoms with Gasteiger partial charge < -0.3 is 39.4 Å². The monoisotopic (exact) mass is 975 g/mol. The Morgan fingerprint density at radius 3 is 1.33 bits per heavy atom. The van der Waals surface area contributed by atoms with Crippen molar-refractivity contribution in [2.75, 3.05) is 26.4 Å². The van der Waals surface area contributed by atoms with Crippen LogP contribution in [0.2, 0.25) is 0 Å². The highest BCUT2D eigenvalue weighted by molar-refractivity contribution is 5.69. The Balaban J connectivity index is 2.14. The normalized spacial score (nSPS) is 19.3. The van der Waals surface area contributed by atoms with Gasteiger partial charge in [0, 0.05) is 13.0 Å². The Bertz CT molecular complexity index is 1200. The molecule has 1 aliphatic heterocycles. The van der Waals surface area contributed by atoms with Crippen LogP contribution in [0.5, 0.6) is 0 Å². The molecule has 0 radical (unpaired) electrons. The zero-order valence-electron chi connectivity index (χ0n) is 44.8. The molecule has 9 heteroatoms. The molecule has 0 aromatic carbocycles. The minimum atomic E-state index is -1.54. The lowest BCUT2D eigenvalue weighted by atomic mass is 9.99. The second-order valence-corrected chi connectivity index (χ2v) is 20.1. The van der Waals surface area contributed by atoms with E-state index in [1.54, 1.807) is 0 Å². The van der Waals surface area contributed by atoms with Gasteiger partial charge >= 0.3 is 5.97 Å². The first-order chi connectivity index (χ1) is 33.9. The van der Waals surface area contributed by atoms with Gasteiger partial charge in [0.1, 0.15) is 30.5 Å². The van der Waals surface area contributed by atoms with Crippen LogP contribution in [0, 0.1) is 0 Å². The number of unbranched alkanes of at least 4 members (excludes halogenated alkanes) is 32. The summed E-state index contributed by atoms with van der Waals surface area (Å²) in [5, 5.41) is 40.4. The number of esters is 1. The first-order valence-corrected chi connectivity index (χ1v) is 29.2. The van der Waals surface area contributed by atoms with E-state index in [1.165, 1.54) is 186 Å². The van der Waals surface area contributed by atoms with E-state index in [-0.39, 0.29) is 19.2 Å². The molecule has 6 unspecified atom stereocenters. The summed E-state index contributed by atoms with van der Waals surface area (Å²) < 4.78 is 23.0. The Kier molecular flexibility index (Phi) is 48.2. The van der Waals surface area contributed by atoms with Gasteiger partial charge in [0.05, 0.1) is 19.8 Å². The number of hydrogen-bond acceptors (Lipinski definition) is 9. The summed E-state index contributed by atoms with van der Waals surface area (Å²) >= 11 is 0. The highest BCUT2D eigenvalue weighted by Crippen LogP contribution is 2.23. The van der Waals surface area contributed by atoms with Crippen LogP contribution in [0.15, 0.2) is 48.6 Å². The lowest BCUT2D eigenvalue weighted by molar-refractivity contribution is -0.305. The fourth-order valence-corrected chi connectivity index (χ4v) is 9.02. The lowest BCUT2D eigenvalue weighted by Gasteiger charge is -2.39. The average molecular weight is 976 g/mol. The smallest absolute Gasteiger partial charge is 0.306 e. The van der Waals surface area contributed by atoms with Crippen molar-refractivity contribution in [1.82, 2.24) is 0 Å². The molecule has 1 heterocycles. The summed E-state index contributed by atoms with van der Waals surface area (Å²) in [5.41, 5.74) is 0. The quantitative estimate of drug-likeness (QED) is 0.0267. The number of aliphatic hydroxyl groups is 4. The molecule has 4 N–H and O–H groups in total. The van der Waals surface area contributed by atoms with Gasteiger partial charge in [0.2, 0.25) is 0 Å². The molecule has 0 amide bonds. The average Bonchev–Trinajstić information content (AvgIpc) is 3.35. The lowest BCUT2D eigenvalue weighted by Crippen LogP contribution is -2.59. The van der Waals surface area contributed by atoms with Crippen molar-refractivity contribution in [2.45, 2.75) is 301 Å². The minimum absolute atomic E-state index is 0.111. The number of carbonyl (C=O) groups excluding carboxylic acids is 1. The molecule has 0 spiro atoms. The standard InChI is InChI=1S/C60H110O9/c1-3-5-7-9-11-13-15-17-19-21-23-25-26-27-28-29-31-33-35-37-39-41-43-45-47-49-56(62)68-54(53-67-60-59(65)58(64)57(63)55(51-61)69-60)52-66-50-48-46-44-42-40-38-36-34-32-30-24-22-20-18-16-14-12-10-8-6-4-2/h5,7,11,13,17,19,23,25,54-55,57-61,63-65H,3-4,6,8-10,12,14-16,18,20-22,24,26-53H2,1-2H3/b7-5-,13-11-,19-17-,25-23-. The molecule has 1 saturated heterocycles. The molecule has 9 nitrogen and oxygen atoms in total. The van der Waals surface area contributed by atoms with Crippen molar-refractivity contribution < 1.29 is 44.2 Å². The zero-order valence-corrected chi connectivity index (χ0v) is 44.8. The van der Waals surface area contributed by atoms with Gasteiger partial charge in [-0.3, -0.25) is 4.79 Å². The molecule has 0 aromatic rings. The summed E-state index contributed by atoms with van der Waals surface area (Å²) in [5.74, 6) is -0.312. The van der Waals surface area contributed by atoms with Gasteiger partial charge in [-0.1, -0.05) is 255 Å². The summed E-state index contributed by atoms with van der Waals surface area (Å²) in [6.07, 6.45) is 58.7. The SMILES string of the molecule is CC/C=C\C/C=C\C/C=C\C/C=C\CCCCCCCCCCCCCCC(=O)OC(COCCCCCCCCCCCCCCCCCCCCCCC)COC1OC(CO)C(O)C(O)C1O. The molecule has 1 fully saturated rings. The van der Waals surface area contributed by atoms with Gasteiger partial charge in [-0.05, 0) is 51.4 Å². The molecular formula is C60H110O9. The van der Waals surface area contributed by atoms with Crippen molar-refractivity contribution in [3.8, 4) is 0 Å². The van der Waals surface area contributed by atoms with Gasteiger partial charge in [-0.25, -0.2) is 0 Å². The number of hydrogen-bond donors (Lipinski definition) is 4. The largest absolute Gasteiger partial charge is 0.457 e. The van der Waals surface area contributed by atoms with Crippen LogP contribution in [-0.2, 0) is 23.7 Å². The maximum absolute atomic E-state index is 12.9. The summed E-state index contributed by atoms with van der Waals surface area (Å²) in [6.45, 7) is 4.50. The van der Waals surface area contributed by atoms with Crippen molar-refractivity contribution in [1.29, 1.82) is 0 Å². The van der Waals surface area contributed by atoms with E-state index in [2.05, 4.69) is 62.5 Å². The van der Waals surface area contributed by atoms with Crippen LogP contribution >= 0.6 is 0 Å². The third-order valence-corrected chi connectivity index (χ3v) is 13.5. The summed E-state index contributed by atoms with van der Waals surface area (Å²) in [6, 6.07) is 0. The molecule has 1 aliphatic rings. The summed E-state index contributed by atoms with van der Waals surface area (Å²) in [7, 11) is 0. The second kappa shape index (κ2) is 51.1. The topological polar surface area (TPSA) is 135 Å². The molecule has 0 aromatic heterocycles. The predicted octanol–water partition coefficient (Wildman–Crippen LogP) is 15.2. The van der Waals surface area contributed by atoms with Crippen molar-refractivity contribution in [3.63, 3.8) is 0 Å². The number of ether oxygens (including phenoxy) is 4. The maximum atomic E-state index is 12.9. The fourth-order valence-electron chi connectivity index (χ4n) is 9.02. The number of allylic oxidation sites excluding steroid dienone is 8. The van der Waals surface area contributed by atoms with Crippen LogP contribution in [0.25, 0.3) is 0 Å². The molecule has 69 heavy (non-hydrogen) atoms. The molecule has 0 saturated carbocycles. The van der Waals surface area contributed by atoms with E-state index in [0.717, 1.165) is 57.8 Å².